The van der Waals surface area contributed by atoms with Gasteiger partial charge in [-0.25, -0.2) is 4.79 Å². The van der Waals surface area contributed by atoms with Gasteiger partial charge in [-0.1, -0.05) is 41.5 Å². The van der Waals surface area contributed by atoms with E-state index in [4.69, 9.17) is 34.4 Å². The fourth-order valence-electron chi connectivity index (χ4n) is 10.8. The number of nitrogens with zero attached hydrogens (tertiary/aromatic N) is 1. The average Bonchev–Trinajstić information content (AvgIpc) is 1.62. The van der Waals surface area contributed by atoms with Gasteiger partial charge < -0.3 is 118 Å². The largest absolute Gasteiger partial charge is 0.481 e. The van der Waals surface area contributed by atoms with Gasteiger partial charge in [-0.2, -0.15) is 25.3 Å². The van der Waals surface area contributed by atoms with Gasteiger partial charge in [0.05, 0.1) is 19.2 Å². The van der Waals surface area contributed by atoms with E-state index in [2.05, 4.69) is 89.1 Å². The molecule has 602 valence electrons. The smallest absolute Gasteiger partial charge is 0.327 e. The summed E-state index contributed by atoms with van der Waals surface area (Å²) in [5, 5.41) is 59.0. The zero-order chi connectivity index (χ0) is 80.5. The van der Waals surface area contributed by atoms with Crippen LogP contribution in [-0.2, 0) is 81.5 Å². The second-order valence-electron chi connectivity index (χ2n) is 26.9. The number of hydrogen-bond donors (Lipinski definition) is 23. The summed E-state index contributed by atoms with van der Waals surface area (Å²) < 4.78 is 0. The molecule has 0 aromatic heterocycles. The molecule has 0 saturated carbocycles. The number of carboxylic acids is 2. The van der Waals surface area contributed by atoms with Crippen molar-refractivity contribution in [3.63, 3.8) is 0 Å². The monoisotopic (exact) mass is 1550 g/mol. The highest BCUT2D eigenvalue weighted by atomic mass is 32.1. The fraction of sp³-hybridized carbons (Fsp3) is 0.738. The molecule has 39 nitrogen and oxygen atoms in total. The summed E-state index contributed by atoms with van der Waals surface area (Å²) in [4.78, 5) is 228. The van der Waals surface area contributed by atoms with Gasteiger partial charge in [-0.15, -0.1) is 0 Å². The summed E-state index contributed by atoms with van der Waals surface area (Å²) >= 11 is 7.94. The van der Waals surface area contributed by atoms with Gasteiger partial charge in [-0.3, -0.25) is 76.7 Å². The predicted molar refractivity (Wildman–Crippen MR) is 391 cm³/mol. The summed E-state index contributed by atoms with van der Waals surface area (Å²) in [5.74, 6) is -18.4. The fourth-order valence-corrected chi connectivity index (χ4v) is 11.3. The predicted octanol–water partition coefficient (Wildman–Crippen LogP) is -7.17. The zero-order valence-corrected chi connectivity index (χ0v) is 63.0. The summed E-state index contributed by atoms with van der Waals surface area (Å²) in [6, 6.07) is -18.5. The van der Waals surface area contributed by atoms with E-state index in [1.54, 1.807) is 41.5 Å². The van der Waals surface area contributed by atoms with Gasteiger partial charge in [0.25, 0.3) is 0 Å². The first-order valence-corrected chi connectivity index (χ1v) is 36.8. The minimum absolute atomic E-state index is 0.00972. The van der Waals surface area contributed by atoms with Gasteiger partial charge in [0, 0.05) is 37.3 Å². The van der Waals surface area contributed by atoms with Crippen molar-refractivity contribution in [3.8, 4) is 0 Å². The molecule has 1 aliphatic heterocycles. The number of aliphatic carboxylic acids is 2. The summed E-state index contributed by atoms with van der Waals surface area (Å²) in [6.45, 7) is 8.51. The van der Waals surface area contributed by atoms with Crippen LogP contribution in [0.1, 0.15) is 157 Å². The molecule has 0 bridgehead atoms. The van der Waals surface area contributed by atoms with E-state index in [1.165, 1.54) is 4.90 Å². The molecule has 0 aromatic carbocycles. The molecule has 0 spiro atoms. The van der Waals surface area contributed by atoms with Crippen LogP contribution in [0.5, 0.6) is 0 Å². The lowest BCUT2D eigenvalue weighted by Crippen LogP contribution is -2.61. The molecular formula is C65H115N19O20S2. The molecule has 1 rings (SSSR count). The molecule has 41 heteroatoms. The van der Waals surface area contributed by atoms with E-state index < -0.39 is 230 Å². The van der Waals surface area contributed by atoms with Crippen molar-refractivity contribution in [1.29, 1.82) is 0 Å². The highest BCUT2D eigenvalue weighted by Crippen LogP contribution is 2.22. The third-order valence-electron chi connectivity index (χ3n) is 16.9. The van der Waals surface area contributed by atoms with E-state index in [1.807, 2.05) is 0 Å². The van der Waals surface area contributed by atoms with Gasteiger partial charge in [0.1, 0.15) is 72.5 Å². The Hall–Kier alpha value is -8.51. The van der Waals surface area contributed by atoms with Crippen LogP contribution >= 0.6 is 25.3 Å². The van der Waals surface area contributed by atoms with E-state index in [-0.39, 0.29) is 101 Å². The van der Waals surface area contributed by atoms with Crippen LogP contribution < -0.4 is 98.2 Å². The molecule has 1 heterocycles. The molecule has 1 fully saturated rings. The number of amides is 15. The summed E-state index contributed by atoms with van der Waals surface area (Å²) in [5.41, 5.74) is 33.6. The minimum atomic E-state index is -1.76. The number of nitrogens with one attached hydrogen (secondary N) is 12. The van der Waals surface area contributed by atoms with Crippen LogP contribution in [0.25, 0.3) is 0 Å². The lowest BCUT2D eigenvalue weighted by Gasteiger charge is -2.33. The molecule has 15 amide bonds. The van der Waals surface area contributed by atoms with Gasteiger partial charge in [0.2, 0.25) is 88.6 Å². The Morgan fingerprint density at radius 3 is 1.24 bits per heavy atom. The quantitative estimate of drug-likeness (QED) is 0.0199. The topological polar surface area (TPSA) is 655 Å². The summed E-state index contributed by atoms with van der Waals surface area (Å²) in [7, 11) is 0. The van der Waals surface area contributed by atoms with Crippen molar-refractivity contribution in [1.82, 2.24) is 68.7 Å². The first-order valence-electron chi connectivity index (χ1n) is 35.5. The van der Waals surface area contributed by atoms with Crippen molar-refractivity contribution in [2.75, 3.05) is 50.8 Å². The zero-order valence-electron chi connectivity index (χ0n) is 61.2. The number of carbonyl (C=O) groups excluding carboxylic acids is 15. The number of unbranched alkanes of at least 4 members (excludes halogenated alkanes) is 3. The Labute approximate surface area is 627 Å². The summed E-state index contributed by atoms with van der Waals surface area (Å²) in [6.07, 6.45) is -0.422. The van der Waals surface area contributed by atoms with Crippen LogP contribution in [0.3, 0.4) is 0 Å². The van der Waals surface area contributed by atoms with Gasteiger partial charge in [-0.05, 0) is 134 Å². The highest BCUT2D eigenvalue weighted by Gasteiger charge is 2.42. The second kappa shape index (κ2) is 50.9. The number of aliphatic hydroxyl groups is 1. The first kappa shape index (κ1) is 95.5. The molecule has 0 aliphatic carbocycles. The van der Waals surface area contributed by atoms with E-state index in [9.17, 15) is 96.8 Å². The van der Waals surface area contributed by atoms with Crippen molar-refractivity contribution in [2.45, 2.75) is 236 Å². The van der Waals surface area contributed by atoms with Crippen molar-refractivity contribution >= 4 is 126 Å². The number of thiol groups is 2. The Balaban J connectivity index is 3.40. The lowest BCUT2D eigenvalue weighted by atomic mass is 9.99. The third kappa shape index (κ3) is 35.7. The molecule has 0 radical (unpaired) electrons. The first-order chi connectivity index (χ1) is 49.9. The normalized spacial score (nSPS) is 16.1. The molecule has 1 saturated heterocycles. The lowest BCUT2D eigenvalue weighted by molar-refractivity contribution is -0.143. The average molecular weight is 1550 g/mol. The van der Waals surface area contributed by atoms with Crippen molar-refractivity contribution in [2.24, 2.45) is 52.2 Å². The van der Waals surface area contributed by atoms with E-state index in [0.717, 1.165) is 0 Å². The molecule has 13 atom stereocenters. The molecule has 0 unspecified atom stereocenters. The molecule has 1 aliphatic rings. The van der Waals surface area contributed by atoms with Gasteiger partial charge >= 0.3 is 11.9 Å². The van der Waals surface area contributed by atoms with Crippen LogP contribution in [0, 0.1) is 17.8 Å². The number of primary amides is 2. The Kier molecular flexibility index (Phi) is 45.8. The molecule has 106 heavy (non-hydrogen) atoms. The van der Waals surface area contributed by atoms with Gasteiger partial charge in [0.15, 0.2) is 0 Å². The van der Waals surface area contributed by atoms with Crippen LogP contribution in [-0.4, -0.2) is 250 Å². The van der Waals surface area contributed by atoms with Crippen LogP contribution in [0.4, 0.5) is 0 Å². The SMILES string of the molecule is CC(C)C[C@H](NC(=O)[C@H](CCC(N)=O)NC(=O)CNC(=O)[C@H](CCCCN)NC(=O)[C@H](CO)NC(=O)[C@@H](NC(=O)[C@@H]1CCCN1C(=O)[C@@H](NC(=O)[C@H](CCCCN)NC(=O)[C@H](CCC(=O)O)NC(=O)[C@@H](N)CS)C(C)C)C(C)C)C(=O)N[C@@H](CCCCN)C(=O)N[C@@H](CCC(N)=O)C(=O)N[C@@H](CS)C(=O)O. The number of nitrogens with two attached hydrogens (primary N) is 6. The number of rotatable bonds is 54. The Morgan fingerprint density at radius 1 is 0.443 bits per heavy atom. The Bertz CT molecular complexity index is 2970. The van der Waals surface area contributed by atoms with E-state index >= 15 is 0 Å². The number of hydrogen-bond acceptors (Lipinski definition) is 24. The number of aliphatic hydroxyl groups excluding tert-OH is 1. The van der Waals surface area contributed by atoms with Crippen molar-refractivity contribution < 1.29 is 96.8 Å². The maximum absolute atomic E-state index is 14.5. The molecular weight excluding hydrogens is 1430 g/mol. The minimum Gasteiger partial charge on any atom is -0.481 e. The molecule has 0 aromatic rings. The second-order valence-corrected chi connectivity index (χ2v) is 27.6. The third-order valence-corrected chi connectivity index (χ3v) is 17.6. The van der Waals surface area contributed by atoms with Crippen LogP contribution in [0.2, 0.25) is 0 Å². The molecule has 27 N–H and O–H groups in total. The number of carboxylic acid groups (broad SMARTS) is 2. The highest BCUT2D eigenvalue weighted by molar-refractivity contribution is 7.80. The standard InChI is InChI=1S/C65H115N19O20S2/c1-33(2)28-43(60(98)77-38(15-8-11-25-67)55(93)78-41(19-22-48(71)87)58(96)81-45(32-106)65(103)104)79-56(94)40(18-21-47(70)86)73-49(88)29-72-54(92)37(14-7-10-24-66)75-61(99)44(30-85)80-63(101)51(34(3)4)82-62(100)46-17-13-27-84(46)64(102)52(35(5)6)83-59(97)39(16-9-12-26-68)76-57(95)42(20-23-50(89)90)74-53(91)36(69)31-105/h33-46,51-52,85,105-106H,7-32,66-69H2,1-6H3,(H2,70,86)(H2,71,87)(H,72,92)(H,73,88)(H,74,91)(H,75,99)(H,76,95)(H,77,98)(H,78,93)(H,79,94)(H,80,101)(H,81,96)(H,82,100)(H,83,97)(H,89,90)(H,103,104)/t36-,37-,38-,39-,40-,41-,42-,43-,44-,45-,46-,51-,52-/m0/s1. The number of likely N-dealkylation sites (tertiary alicyclic amines) is 1. The number of carbonyl (C=O) groups is 17. The maximum Gasteiger partial charge on any atom is 0.327 e. The van der Waals surface area contributed by atoms with Crippen molar-refractivity contribution in [3.05, 3.63) is 0 Å². The maximum atomic E-state index is 14.5. The van der Waals surface area contributed by atoms with E-state index in [0.29, 0.717) is 32.1 Å². The van der Waals surface area contributed by atoms with Crippen LogP contribution in [0.15, 0.2) is 0 Å². The Morgan fingerprint density at radius 2 is 0.830 bits per heavy atom.